The van der Waals surface area contributed by atoms with E-state index in [4.69, 9.17) is 5.73 Å². The molecule has 3 aromatic rings. The number of nitrogens with zero attached hydrogens (tertiary/aromatic N) is 3. The number of carbonyl (C=O) groups is 1. The molecule has 0 radical (unpaired) electrons. The van der Waals surface area contributed by atoms with Gasteiger partial charge in [0, 0.05) is 61.4 Å². The van der Waals surface area contributed by atoms with Gasteiger partial charge in [-0.3, -0.25) is 9.69 Å². The van der Waals surface area contributed by atoms with Gasteiger partial charge in [-0.1, -0.05) is 11.3 Å². The van der Waals surface area contributed by atoms with Crippen molar-refractivity contribution in [2.24, 2.45) is 5.92 Å². The van der Waals surface area contributed by atoms with Crippen LogP contribution >= 0.6 is 11.3 Å². The normalized spacial score (nSPS) is 16.5. The van der Waals surface area contributed by atoms with E-state index in [0.717, 1.165) is 37.8 Å². The lowest BCUT2D eigenvalue weighted by Crippen LogP contribution is -2.47. The summed E-state index contributed by atoms with van der Waals surface area (Å²) in [6, 6.07) is 11.0. The fourth-order valence-corrected chi connectivity index (χ4v) is 5.26. The minimum atomic E-state index is -3.07. The van der Waals surface area contributed by atoms with Gasteiger partial charge in [0.1, 0.15) is 0 Å². The van der Waals surface area contributed by atoms with E-state index >= 15 is 0 Å². The second kappa shape index (κ2) is 10.2. The van der Waals surface area contributed by atoms with Crippen LogP contribution in [-0.2, 0) is 0 Å². The summed E-state index contributed by atoms with van der Waals surface area (Å²) < 4.78 is 30.6. The van der Waals surface area contributed by atoms with Crippen molar-refractivity contribution in [3.63, 3.8) is 0 Å². The van der Waals surface area contributed by atoms with Crippen molar-refractivity contribution in [3.05, 3.63) is 48.2 Å². The van der Waals surface area contributed by atoms with E-state index in [1.54, 1.807) is 0 Å². The summed E-state index contributed by atoms with van der Waals surface area (Å²) in [6.45, 7) is 2.43. The highest BCUT2D eigenvalue weighted by Gasteiger charge is 2.26. The number of anilines is 4. The summed E-state index contributed by atoms with van der Waals surface area (Å²) >= 11 is 1.23. The lowest BCUT2D eigenvalue weighted by molar-refractivity contribution is -0.0489. The predicted octanol–water partition coefficient (Wildman–Crippen LogP) is 5.08. The topological polar surface area (TPSA) is 83.7 Å². The minimum absolute atomic E-state index is 0.0257. The van der Waals surface area contributed by atoms with Crippen LogP contribution in [0, 0.1) is 5.92 Å². The molecular formula is C25H27F2N5O2S. The molecule has 0 bridgehead atoms. The molecule has 2 heterocycles. The number of thiazole rings is 1. The highest BCUT2D eigenvalue weighted by molar-refractivity contribution is 7.19. The second-order valence-corrected chi connectivity index (χ2v) is 9.91. The summed E-state index contributed by atoms with van der Waals surface area (Å²) in [7, 11) is 0. The summed E-state index contributed by atoms with van der Waals surface area (Å²) in [5.41, 5.74) is 8.33. The molecule has 0 spiro atoms. The third-order valence-corrected chi connectivity index (χ3v) is 7.31. The largest absolute Gasteiger partial charge is 0.432 e. The van der Waals surface area contributed by atoms with Crippen LogP contribution in [-0.4, -0.2) is 55.5 Å². The predicted molar refractivity (Wildman–Crippen MR) is 135 cm³/mol. The van der Waals surface area contributed by atoms with Gasteiger partial charge in [0.2, 0.25) is 0 Å². The van der Waals surface area contributed by atoms with Crippen LogP contribution in [0.25, 0.3) is 10.4 Å². The third kappa shape index (κ3) is 5.54. The fourth-order valence-electron chi connectivity index (χ4n) is 4.36. The number of alkyl halides is 2. The van der Waals surface area contributed by atoms with Crippen molar-refractivity contribution < 1.29 is 18.3 Å². The summed E-state index contributed by atoms with van der Waals surface area (Å²) in [5, 5.41) is 3.80. The average Bonchev–Trinajstić information content (AvgIpc) is 3.56. The number of hydrogen-bond acceptors (Lipinski definition) is 8. The van der Waals surface area contributed by atoms with Gasteiger partial charge in [0.05, 0.1) is 10.6 Å². The van der Waals surface area contributed by atoms with E-state index in [0.29, 0.717) is 16.3 Å². The third-order valence-electron chi connectivity index (χ3n) is 6.38. The Balaban J connectivity index is 1.27. The SMILES string of the molecule is Nc1ccc(C=O)c(-c2cnc(Nc3ccc(N4CCN(CC5CC5)CC4)cc3)s2)c1OC(F)F. The Morgan fingerprint density at radius 2 is 1.89 bits per heavy atom. The van der Waals surface area contributed by atoms with Crippen molar-refractivity contribution >= 4 is 39.8 Å². The van der Waals surface area contributed by atoms with Crippen LogP contribution in [0.3, 0.4) is 0 Å². The molecule has 0 unspecified atom stereocenters. The van der Waals surface area contributed by atoms with Crippen molar-refractivity contribution in [1.29, 1.82) is 0 Å². The van der Waals surface area contributed by atoms with Crippen molar-refractivity contribution in [1.82, 2.24) is 9.88 Å². The Bertz CT molecular complexity index is 1180. The minimum Gasteiger partial charge on any atom is -0.432 e. The Labute approximate surface area is 206 Å². The van der Waals surface area contributed by atoms with E-state index in [1.165, 1.54) is 54.7 Å². The number of ether oxygens (including phenoxy) is 1. The number of nitrogens with one attached hydrogen (secondary N) is 1. The van der Waals surface area contributed by atoms with Gasteiger partial charge in [-0.05, 0) is 55.2 Å². The quantitative estimate of drug-likeness (QED) is 0.314. The Morgan fingerprint density at radius 3 is 2.54 bits per heavy atom. The molecule has 1 saturated carbocycles. The average molecular weight is 500 g/mol. The number of hydrogen-bond donors (Lipinski definition) is 2. The lowest BCUT2D eigenvalue weighted by atomic mass is 10.0. The number of halogens is 2. The van der Waals surface area contributed by atoms with Crippen LogP contribution in [0.5, 0.6) is 5.75 Å². The molecule has 2 fully saturated rings. The number of aldehydes is 1. The lowest BCUT2D eigenvalue weighted by Gasteiger charge is -2.36. The van der Waals surface area contributed by atoms with Gasteiger partial charge >= 0.3 is 6.61 Å². The molecule has 35 heavy (non-hydrogen) atoms. The molecule has 7 nitrogen and oxygen atoms in total. The number of piperazine rings is 1. The number of nitrogens with two attached hydrogens (primary N) is 1. The molecule has 0 atom stereocenters. The number of benzene rings is 2. The van der Waals surface area contributed by atoms with Gasteiger partial charge in [-0.15, -0.1) is 0 Å². The molecule has 3 N–H and O–H groups in total. The first-order valence-corrected chi connectivity index (χ1v) is 12.4. The van der Waals surface area contributed by atoms with E-state index in [2.05, 4.69) is 37.0 Å². The molecule has 184 valence electrons. The highest BCUT2D eigenvalue weighted by Crippen LogP contribution is 2.42. The van der Waals surface area contributed by atoms with Crippen molar-refractivity contribution in [2.45, 2.75) is 19.5 Å². The maximum atomic E-state index is 13.0. The van der Waals surface area contributed by atoms with Crippen LogP contribution in [0.2, 0.25) is 0 Å². The smallest absolute Gasteiger partial charge is 0.387 e. The van der Waals surface area contributed by atoms with Crippen molar-refractivity contribution in [3.8, 4) is 16.2 Å². The maximum absolute atomic E-state index is 13.0. The first-order chi connectivity index (χ1) is 17.0. The number of carbonyl (C=O) groups excluding carboxylic acids is 1. The first kappa shape index (κ1) is 23.5. The van der Waals surface area contributed by atoms with Gasteiger partial charge in [0.25, 0.3) is 0 Å². The zero-order valence-corrected chi connectivity index (χ0v) is 19.9. The molecule has 1 aliphatic carbocycles. The summed E-state index contributed by atoms with van der Waals surface area (Å²) in [5.74, 6) is 0.701. The zero-order valence-electron chi connectivity index (χ0n) is 19.1. The van der Waals surface area contributed by atoms with Crippen molar-refractivity contribution in [2.75, 3.05) is 48.7 Å². The van der Waals surface area contributed by atoms with Crippen LogP contribution < -0.4 is 20.7 Å². The molecule has 0 amide bonds. The van der Waals surface area contributed by atoms with Gasteiger partial charge < -0.3 is 20.7 Å². The second-order valence-electron chi connectivity index (χ2n) is 8.88. The summed E-state index contributed by atoms with van der Waals surface area (Å²) in [4.78, 5) is 21.4. The summed E-state index contributed by atoms with van der Waals surface area (Å²) in [6.07, 6.45) is 4.88. The van der Waals surface area contributed by atoms with E-state index < -0.39 is 6.61 Å². The van der Waals surface area contributed by atoms with Crippen LogP contribution in [0.4, 0.5) is 31.0 Å². The van der Waals surface area contributed by atoms with E-state index in [-0.39, 0.29) is 22.6 Å². The molecule has 1 saturated heterocycles. The van der Waals surface area contributed by atoms with E-state index in [9.17, 15) is 13.6 Å². The molecule has 1 aromatic heterocycles. The number of aromatic nitrogens is 1. The number of nitrogen functional groups attached to an aromatic ring is 1. The molecule has 1 aliphatic heterocycles. The Kier molecular flexibility index (Phi) is 6.83. The Morgan fingerprint density at radius 1 is 1.14 bits per heavy atom. The van der Waals surface area contributed by atoms with Gasteiger partial charge in [-0.2, -0.15) is 8.78 Å². The van der Waals surface area contributed by atoms with Crippen LogP contribution in [0.1, 0.15) is 23.2 Å². The molecular weight excluding hydrogens is 472 g/mol. The monoisotopic (exact) mass is 499 g/mol. The Hall–Kier alpha value is -3.24. The molecule has 5 rings (SSSR count). The fraction of sp³-hybridized carbons (Fsp3) is 0.360. The molecule has 2 aliphatic rings. The zero-order chi connectivity index (χ0) is 24.4. The van der Waals surface area contributed by atoms with Gasteiger partial charge in [-0.25, -0.2) is 4.98 Å². The standard InChI is InChI=1S/C25H27F2N5O2S/c26-24(27)34-23-20(28)8-3-17(15-33)22(23)21-13-29-25(35-21)30-18-4-6-19(7-5-18)32-11-9-31(10-12-32)14-16-1-2-16/h3-8,13,15-16,24H,1-2,9-12,14,28H2,(H,29,30). The highest BCUT2D eigenvalue weighted by atomic mass is 32.1. The van der Waals surface area contributed by atoms with Gasteiger partial charge in [0.15, 0.2) is 17.2 Å². The first-order valence-electron chi connectivity index (χ1n) is 11.6. The molecule has 10 heteroatoms. The number of rotatable bonds is 9. The maximum Gasteiger partial charge on any atom is 0.387 e. The van der Waals surface area contributed by atoms with Crippen LogP contribution in [0.15, 0.2) is 42.6 Å². The van der Waals surface area contributed by atoms with E-state index in [1.807, 2.05) is 12.1 Å². The molecule has 2 aromatic carbocycles.